The van der Waals surface area contributed by atoms with Gasteiger partial charge in [-0.05, 0) is 80.7 Å². The number of rotatable bonds is 6. The molecule has 226 valence electrons. The fraction of sp³-hybridized carbons (Fsp3) is 0.0222. The number of nitrogens with zero attached hydrogens (tertiary/aromatic N) is 3. The molecule has 0 fully saturated rings. The van der Waals surface area contributed by atoms with E-state index in [4.69, 9.17) is 4.98 Å². The van der Waals surface area contributed by atoms with E-state index in [1.165, 1.54) is 49.7 Å². The maximum Gasteiger partial charge on any atom is 0.137 e. The number of hydrogen-bond donors (Lipinski definition) is 0. The summed E-state index contributed by atoms with van der Waals surface area (Å²) in [7, 11) is 0. The van der Waals surface area contributed by atoms with Gasteiger partial charge in [0.2, 0.25) is 0 Å². The van der Waals surface area contributed by atoms with E-state index in [1.807, 2.05) is 30.6 Å². The van der Waals surface area contributed by atoms with Crippen molar-refractivity contribution >= 4 is 28.0 Å². The Morgan fingerprint density at radius 3 is 2.19 bits per heavy atom. The first-order valence-corrected chi connectivity index (χ1v) is 16.2. The van der Waals surface area contributed by atoms with Crippen molar-refractivity contribution in [3.8, 4) is 33.4 Å². The van der Waals surface area contributed by atoms with Gasteiger partial charge in [-0.2, -0.15) is 0 Å². The van der Waals surface area contributed by atoms with Gasteiger partial charge in [-0.3, -0.25) is 9.88 Å². The van der Waals surface area contributed by atoms with E-state index in [9.17, 15) is 0 Å². The van der Waals surface area contributed by atoms with E-state index < -0.39 is 5.41 Å². The molecular weight excluding hydrogens is 583 g/mol. The average Bonchev–Trinajstić information content (AvgIpc) is 3.44. The Bertz CT molecular complexity index is 2420. The molecule has 0 amide bonds. The quantitative estimate of drug-likeness (QED) is 0.175. The lowest BCUT2D eigenvalue weighted by Crippen LogP contribution is -2.29. The molecule has 1 aliphatic heterocycles. The van der Waals surface area contributed by atoms with Gasteiger partial charge in [0.05, 0.1) is 16.8 Å². The number of aromatic nitrogens is 2. The Balaban J connectivity index is 1.38. The predicted molar refractivity (Wildman–Crippen MR) is 199 cm³/mol. The fourth-order valence-electron chi connectivity index (χ4n) is 7.99. The van der Waals surface area contributed by atoms with E-state index in [0.717, 1.165) is 33.9 Å². The van der Waals surface area contributed by atoms with Crippen molar-refractivity contribution in [1.29, 1.82) is 0 Å². The molecule has 7 aromatic rings. The maximum absolute atomic E-state index is 5.10. The molecule has 0 radical (unpaired) electrons. The summed E-state index contributed by atoms with van der Waals surface area (Å²) in [6.45, 7) is 8.45. The molecule has 0 spiro atoms. The second-order valence-corrected chi connectivity index (χ2v) is 12.3. The standard InChI is InChI=1S/C45H31N3/c1-3-13-33(4-2)45(34-17-6-5-7-18-34)39-21-9-8-19-35(39)37-26-38-36-20-10-14-30-15-11-22-41(44(30)36)48(42(38)27-40(37)45)43-24-23-32(29-47-43)31-16-12-25-46-28-31/h3-29H,1-2H2/b33-13+. The molecule has 9 rings (SSSR count). The summed E-state index contributed by atoms with van der Waals surface area (Å²) in [5.41, 5.74) is 13.3. The van der Waals surface area contributed by atoms with Crippen LogP contribution in [0.15, 0.2) is 183 Å². The summed E-state index contributed by atoms with van der Waals surface area (Å²) < 4.78 is 0. The van der Waals surface area contributed by atoms with Crippen molar-refractivity contribution in [2.75, 3.05) is 4.90 Å². The second kappa shape index (κ2) is 10.9. The maximum atomic E-state index is 5.10. The molecule has 0 saturated carbocycles. The van der Waals surface area contributed by atoms with Crippen molar-refractivity contribution in [1.82, 2.24) is 9.97 Å². The Kier molecular flexibility index (Phi) is 6.34. The van der Waals surface area contributed by atoms with Crippen LogP contribution in [-0.2, 0) is 5.41 Å². The Morgan fingerprint density at radius 2 is 1.42 bits per heavy atom. The molecule has 1 unspecified atom stereocenters. The minimum absolute atomic E-state index is 0.593. The second-order valence-electron chi connectivity index (χ2n) is 12.3. The van der Waals surface area contributed by atoms with Crippen LogP contribution in [0.4, 0.5) is 17.2 Å². The molecule has 2 aliphatic rings. The lowest BCUT2D eigenvalue weighted by atomic mass is 9.66. The van der Waals surface area contributed by atoms with Crippen molar-refractivity contribution in [2.24, 2.45) is 0 Å². The number of hydrogen-bond acceptors (Lipinski definition) is 3. The van der Waals surface area contributed by atoms with Crippen LogP contribution in [0.3, 0.4) is 0 Å². The van der Waals surface area contributed by atoms with Crippen LogP contribution in [0.5, 0.6) is 0 Å². The highest BCUT2D eigenvalue weighted by Crippen LogP contribution is 2.60. The zero-order valence-electron chi connectivity index (χ0n) is 26.3. The molecule has 3 heteroatoms. The molecule has 2 aromatic heterocycles. The normalized spacial score (nSPS) is 15.8. The van der Waals surface area contributed by atoms with Crippen LogP contribution in [0.1, 0.15) is 16.7 Å². The highest BCUT2D eigenvalue weighted by atomic mass is 15.2. The highest BCUT2D eigenvalue weighted by Gasteiger charge is 2.47. The van der Waals surface area contributed by atoms with Crippen LogP contribution in [0.25, 0.3) is 44.2 Å². The smallest absolute Gasteiger partial charge is 0.137 e. The minimum Gasteiger partial charge on any atom is -0.294 e. The van der Waals surface area contributed by atoms with Crippen molar-refractivity contribution in [2.45, 2.75) is 5.41 Å². The number of fused-ring (bicyclic) bond motifs is 5. The predicted octanol–water partition coefficient (Wildman–Crippen LogP) is 11.4. The molecular formula is C45H31N3. The SMILES string of the molecule is C=C/C=C(\C=C)C1(c2ccccc2)c2ccccc2-c2cc3c(cc21)N(c1ccc(-c2cccnc2)cn1)c1cccc2cccc-3c12. The molecule has 48 heavy (non-hydrogen) atoms. The molecule has 3 heterocycles. The van der Waals surface area contributed by atoms with Crippen LogP contribution in [-0.4, -0.2) is 9.97 Å². The van der Waals surface area contributed by atoms with Gasteiger partial charge >= 0.3 is 0 Å². The summed E-state index contributed by atoms with van der Waals surface area (Å²) in [6.07, 6.45) is 11.6. The van der Waals surface area contributed by atoms with Gasteiger partial charge in [-0.1, -0.05) is 122 Å². The number of anilines is 3. The van der Waals surface area contributed by atoms with Gasteiger partial charge in [0.15, 0.2) is 0 Å². The van der Waals surface area contributed by atoms with E-state index >= 15 is 0 Å². The van der Waals surface area contributed by atoms with Crippen LogP contribution in [0, 0.1) is 0 Å². The molecule has 0 saturated heterocycles. The lowest BCUT2D eigenvalue weighted by molar-refractivity contribution is 0.767. The van der Waals surface area contributed by atoms with Gasteiger partial charge in [0, 0.05) is 40.7 Å². The minimum atomic E-state index is -0.593. The Morgan fingerprint density at radius 1 is 0.625 bits per heavy atom. The van der Waals surface area contributed by atoms with E-state index in [-0.39, 0.29) is 0 Å². The zero-order chi connectivity index (χ0) is 32.2. The van der Waals surface area contributed by atoms with Crippen molar-refractivity contribution in [3.05, 3.63) is 200 Å². The summed E-state index contributed by atoms with van der Waals surface area (Å²) in [5.74, 6) is 0.859. The number of benzene rings is 5. The Labute approximate surface area is 280 Å². The van der Waals surface area contributed by atoms with E-state index in [0.29, 0.717) is 0 Å². The first-order chi connectivity index (χ1) is 23.7. The summed E-state index contributed by atoms with van der Waals surface area (Å²) >= 11 is 0. The van der Waals surface area contributed by atoms with E-state index in [2.05, 4.69) is 150 Å². The molecule has 1 atom stereocenters. The number of pyridine rings is 2. The van der Waals surface area contributed by atoms with Gasteiger partial charge < -0.3 is 0 Å². The third-order valence-electron chi connectivity index (χ3n) is 9.94. The monoisotopic (exact) mass is 613 g/mol. The average molecular weight is 614 g/mol. The van der Waals surface area contributed by atoms with Crippen LogP contribution < -0.4 is 4.90 Å². The fourth-order valence-corrected chi connectivity index (χ4v) is 7.99. The summed E-state index contributed by atoms with van der Waals surface area (Å²) in [6, 6.07) is 45.9. The largest absolute Gasteiger partial charge is 0.294 e. The van der Waals surface area contributed by atoms with Gasteiger partial charge in [0.1, 0.15) is 5.82 Å². The summed E-state index contributed by atoms with van der Waals surface area (Å²) in [4.78, 5) is 11.8. The first-order valence-electron chi connectivity index (χ1n) is 16.2. The zero-order valence-corrected chi connectivity index (χ0v) is 26.3. The molecule has 1 aliphatic carbocycles. The van der Waals surface area contributed by atoms with Crippen LogP contribution in [0.2, 0.25) is 0 Å². The van der Waals surface area contributed by atoms with Crippen LogP contribution >= 0.6 is 0 Å². The molecule has 5 aromatic carbocycles. The Hall–Kier alpha value is -6.32. The topological polar surface area (TPSA) is 29.0 Å². The van der Waals surface area contributed by atoms with Gasteiger partial charge in [-0.15, -0.1) is 0 Å². The lowest BCUT2D eigenvalue weighted by Gasteiger charge is -2.37. The van der Waals surface area contributed by atoms with Gasteiger partial charge in [-0.25, -0.2) is 4.98 Å². The number of allylic oxidation sites excluding steroid dienone is 4. The molecule has 3 nitrogen and oxygen atoms in total. The summed E-state index contributed by atoms with van der Waals surface area (Å²) in [5, 5.41) is 2.43. The van der Waals surface area contributed by atoms with Gasteiger partial charge in [0.25, 0.3) is 0 Å². The third-order valence-corrected chi connectivity index (χ3v) is 9.94. The van der Waals surface area contributed by atoms with E-state index in [1.54, 1.807) is 6.20 Å². The molecule has 0 bridgehead atoms. The van der Waals surface area contributed by atoms with Crippen molar-refractivity contribution in [3.63, 3.8) is 0 Å². The third kappa shape index (κ3) is 3.88. The highest BCUT2D eigenvalue weighted by molar-refractivity contribution is 6.14. The van der Waals surface area contributed by atoms with Crippen molar-refractivity contribution < 1.29 is 0 Å². The molecule has 0 N–H and O–H groups in total. The first kappa shape index (κ1) is 27.9.